The molecule has 228 valence electrons. The SMILES string of the molecule is CCC(C)(C)N(C)C(=O)OC(C)n1c(=O)ccc2ccc(OCCCCN3CCN(c4cccc(Cl)c4Cl)CC3)cc21. The first-order valence-electron chi connectivity index (χ1n) is 14.7. The van der Waals surface area contributed by atoms with E-state index in [9.17, 15) is 9.59 Å². The first-order chi connectivity index (χ1) is 20.0. The Kier molecular flexibility index (Phi) is 10.7. The van der Waals surface area contributed by atoms with Gasteiger partial charge in [-0.2, -0.15) is 0 Å². The number of benzene rings is 2. The Labute approximate surface area is 258 Å². The average Bonchev–Trinajstić information content (AvgIpc) is 2.98. The highest BCUT2D eigenvalue weighted by Crippen LogP contribution is 2.33. The number of fused-ring (bicyclic) bond motifs is 1. The fraction of sp³-hybridized carbons (Fsp3) is 0.500. The maximum Gasteiger partial charge on any atom is 0.411 e. The van der Waals surface area contributed by atoms with E-state index in [-0.39, 0.29) is 11.1 Å². The number of pyridine rings is 1. The molecule has 0 spiro atoms. The number of carbonyl (C=O) groups excluding carboxylic acids is 1. The first-order valence-corrected chi connectivity index (χ1v) is 15.4. The van der Waals surface area contributed by atoms with Crippen molar-refractivity contribution in [2.24, 2.45) is 0 Å². The summed E-state index contributed by atoms with van der Waals surface area (Å²) in [6.07, 6.45) is 1.45. The molecule has 0 bridgehead atoms. The molecule has 1 aliphatic heterocycles. The number of rotatable bonds is 11. The maximum absolute atomic E-state index is 12.9. The van der Waals surface area contributed by atoms with Crippen LogP contribution in [0.3, 0.4) is 0 Å². The van der Waals surface area contributed by atoms with Gasteiger partial charge in [0.25, 0.3) is 5.56 Å². The summed E-state index contributed by atoms with van der Waals surface area (Å²) in [5.74, 6) is 0.677. The molecular weight excluding hydrogens is 575 g/mol. The molecule has 2 heterocycles. The number of carbonyl (C=O) groups is 1. The Bertz CT molecular complexity index is 1440. The molecule has 42 heavy (non-hydrogen) atoms. The highest BCUT2D eigenvalue weighted by Gasteiger charge is 2.28. The molecule has 1 fully saturated rings. The quantitative estimate of drug-likeness (QED) is 0.215. The van der Waals surface area contributed by atoms with Gasteiger partial charge in [0.05, 0.1) is 27.9 Å². The van der Waals surface area contributed by atoms with Gasteiger partial charge in [0.1, 0.15) is 5.75 Å². The maximum atomic E-state index is 12.9. The molecule has 0 radical (unpaired) electrons. The number of piperazine rings is 1. The van der Waals surface area contributed by atoms with E-state index < -0.39 is 12.3 Å². The molecule has 1 unspecified atom stereocenters. The monoisotopic (exact) mass is 616 g/mol. The molecule has 1 aromatic heterocycles. The zero-order valence-electron chi connectivity index (χ0n) is 25.2. The normalized spacial score (nSPS) is 15.1. The molecule has 1 atom stereocenters. The van der Waals surface area contributed by atoms with Gasteiger partial charge in [0.2, 0.25) is 0 Å². The van der Waals surface area contributed by atoms with Crippen molar-refractivity contribution in [2.75, 3.05) is 51.3 Å². The second kappa shape index (κ2) is 14.0. The van der Waals surface area contributed by atoms with E-state index in [4.69, 9.17) is 32.7 Å². The topological polar surface area (TPSA) is 67.2 Å². The number of amides is 1. The van der Waals surface area contributed by atoms with Gasteiger partial charge in [-0.15, -0.1) is 0 Å². The van der Waals surface area contributed by atoms with Gasteiger partial charge in [-0.25, -0.2) is 4.79 Å². The molecule has 3 aromatic rings. The van der Waals surface area contributed by atoms with E-state index in [0.29, 0.717) is 27.9 Å². The van der Waals surface area contributed by atoms with Gasteiger partial charge in [-0.05, 0) is 82.3 Å². The number of hydrogen-bond acceptors (Lipinski definition) is 6. The summed E-state index contributed by atoms with van der Waals surface area (Å²) in [6.45, 7) is 13.0. The smallest absolute Gasteiger partial charge is 0.411 e. The third-order valence-corrected chi connectivity index (χ3v) is 9.18. The predicted molar refractivity (Wildman–Crippen MR) is 171 cm³/mol. The summed E-state index contributed by atoms with van der Waals surface area (Å²) in [4.78, 5) is 32.0. The fourth-order valence-electron chi connectivity index (χ4n) is 5.04. The number of aromatic nitrogens is 1. The lowest BCUT2D eigenvalue weighted by atomic mass is 10.0. The predicted octanol–water partition coefficient (Wildman–Crippen LogP) is 7.07. The lowest BCUT2D eigenvalue weighted by Crippen LogP contribution is -2.46. The standard InChI is InChI=1S/C32H42Cl2N4O4/c1-6-32(3,4)35(5)31(40)42-23(2)38-28-22-25(14-12-24(28)13-15-29(38)39)41-21-8-7-16-36-17-19-37(20-18-36)27-11-9-10-26(33)30(27)34/h9-15,22-23H,6-8,16-21H2,1-5H3. The fourth-order valence-corrected chi connectivity index (χ4v) is 5.45. The third kappa shape index (κ3) is 7.52. The second-order valence-corrected chi connectivity index (χ2v) is 12.2. The van der Waals surface area contributed by atoms with Gasteiger partial charge in [0, 0.05) is 50.9 Å². The van der Waals surface area contributed by atoms with Crippen LogP contribution in [0.15, 0.2) is 53.3 Å². The van der Waals surface area contributed by atoms with Gasteiger partial charge in [-0.1, -0.05) is 36.2 Å². The molecule has 10 heteroatoms. The van der Waals surface area contributed by atoms with Crippen LogP contribution in [0, 0.1) is 0 Å². The summed E-state index contributed by atoms with van der Waals surface area (Å²) in [7, 11) is 1.72. The zero-order chi connectivity index (χ0) is 30.4. The van der Waals surface area contributed by atoms with Gasteiger partial charge >= 0.3 is 6.09 Å². The van der Waals surface area contributed by atoms with E-state index in [1.54, 1.807) is 24.9 Å². The number of hydrogen-bond donors (Lipinski definition) is 0. The molecule has 8 nitrogen and oxygen atoms in total. The lowest BCUT2D eigenvalue weighted by molar-refractivity contribution is 0.0225. The number of unbranched alkanes of at least 4 members (excludes halogenated alkanes) is 1. The Balaban J connectivity index is 1.29. The minimum Gasteiger partial charge on any atom is -0.494 e. The Morgan fingerprint density at radius 1 is 1.05 bits per heavy atom. The number of halogens is 2. The summed E-state index contributed by atoms with van der Waals surface area (Å²) in [5.41, 5.74) is 1.06. The van der Waals surface area contributed by atoms with E-state index >= 15 is 0 Å². The first kappa shape index (κ1) is 32.0. The zero-order valence-corrected chi connectivity index (χ0v) is 26.7. The third-order valence-electron chi connectivity index (χ3n) is 8.37. The van der Waals surface area contributed by atoms with E-state index in [1.165, 1.54) is 10.6 Å². The minimum absolute atomic E-state index is 0.241. The van der Waals surface area contributed by atoms with Crippen molar-refractivity contribution in [3.8, 4) is 5.75 Å². The van der Waals surface area contributed by atoms with Crippen LogP contribution in [0.25, 0.3) is 10.9 Å². The summed E-state index contributed by atoms with van der Waals surface area (Å²) < 4.78 is 13.3. The molecule has 0 N–H and O–H groups in total. The van der Waals surface area contributed by atoms with Crippen molar-refractivity contribution >= 4 is 45.9 Å². The minimum atomic E-state index is -0.783. The molecule has 0 saturated carbocycles. The molecular formula is C32H42Cl2N4O4. The van der Waals surface area contributed by atoms with Crippen LogP contribution in [0.2, 0.25) is 10.0 Å². The largest absolute Gasteiger partial charge is 0.494 e. The van der Waals surface area contributed by atoms with Crippen molar-refractivity contribution in [3.63, 3.8) is 0 Å². The molecule has 1 aliphatic rings. The second-order valence-electron chi connectivity index (χ2n) is 11.4. The highest BCUT2D eigenvalue weighted by atomic mass is 35.5. The Morgan fingerprint density at radius 3 is 2.48 bits per heavy atom. The van der Waals surface area contributed by atoms with Crippen LogP contribution in [-0.4, -0.2) is 72.4 Å². The van der Waals surface area contributed by atoms with Crippen molar-refractivity contribution < 1.29 is 14.3 Å². The number of anilines is 1. The van der Waals surface area contributed by atoms with E-state index in [0.717, 1.165) is 63.1 Å². The summed E-state index contributed by atoms with van der Waals surface area (Å²) >= 11 is 12.6. The Hall–Kier alpha value is -2.94. The van der Waals surface area contributed by atoms with Crippen molar-refractivity contribution in [3.05, 3.63) is 68.9 Å². The molecule has 1 saturated heterocycles. The molecule has 0 aliphatic carbocycles. The van der Waals surface area contributed by atoms with Crippen molar-refractivity contribution in [1.29, 1.82) is 0 Å². The Morgan fingerprint density at radius 2 is 1.76 bits per heavy atom. The van der Waals surface area contributed by atoms with Crippen LogP contribution in [0.4, 0.5) is 10.5 Å². The van der Waals surface area contributed by atoms with E-state index in [2.05, 4.69) is 9.80 Å². The van der Waals surface area contributed by atoms with Gasteiger partial charge in [0.15, 0.2) is 6.23 Å². The van der Waals surface area contributed by atoms with Gasteiger partial charge in [-0.3, -0.25) is 14.3 Å². The van der Waals surface area contributed by atoms with Crippen molar-refractivity contribution in [1.82, 2.24) is 14.4 Å². The van der Waals surface area contributed by atoms with Gasteiger partial charge < -0.3 is 19.3 Å². The van der Waals surface area contributed by atoms with Crippen LogP contribution in [0.5, 0.6) is 5.75 Å². The number of nitrogens with zero attached hydrogens (tertiary/aromatic N) is 4. The van der Waals surface area contributed by atoms with Crippen LogP contribution in [-0.2, 0) is 4.74 Å². The van der Waals surface area contributed by atoms with E-state index in [1.807, 2.05) is 57.2 Å². The van der Waals surface area contributed by atoms with Crippen LogP contribution < -0.4 is 15.2 Å². The molecule has 1 amide bonds. The molecule has 2 aromatic carbocycles. The average molecular weight is 618 g/mol. The van der Waals surface area contributed by atoms with Crippen LogP contribution >= 0.6 is 23.2 Å². The number of ether oxygens (including phenoxy) is 2. The highest BCUT2D eigenvalue weighted by molar-refractivity contribution is 6.43. The molecule has 4 rings (SSSR count). The summed E-state index contributed by atoms with van der Waals surface area (Å²) in [5, 5.41) is 2.07. The summed E-state index contributed by atoms with van der Waals surface area (Å²) in [6, 6.07) is 14.7. The van der Waals surface area contributed by atoms with Crippen LogP contribution in [0.1, 0.15) is 53.2 Å². The van der Waals surface area contributed by atoms with Crippen molar-refractivity contribution in [2.45, 2.75) is 58.7 Å². The lowest BCUT2D eigenvalue weighted by Gasteiger charge is -2.36.